The lowest BCUT2D eigenvalue weighted by Crippen LogP contribution is -2.41. The van der Waals surface area contributed by atoms with Gasteiger partial charge in [-0.1, -0.05) is 20.8 Å². The highest BCUT2D eigenvalue weighted by molar-refractivity contribution is 6.74. The minimum Gasteiger partial charge on any atom is -0.481 e. The quantitative estimate of drug-likeness (QED) is 0.755. The molecule has 0 rings (SSSR count). The topological polar surface area (TPSA) is 46.5 Å². The van der Waals surface area contributed by atoms with Gasteiger partial charge in [0.1, 0.15) is 0 Å². The summed E-state index contributed by atoms with van der Waals surface area (Å²) in [5.41, 5.74) is -0.692. The molecule has 0 atom stereocenters. The van der Waals surface area contributed by atoms with Crippen molar-refractivity contribution in [3.05, 3.63) is 0 Å². The standard InChI is InChI=1S/C12H26O3Si/c1-11(2,3)16(6,7)15-9-8-12(4,5)10(13)14/h8-9H2,1-7H3,(H,13,14). The maximum absolute atomic E-state index is 10.9. The van der Waals surface area contributed by atoms with Crippen LogP contribution in [0.1, 0.15) is 41.0 Å². The van der Waals surface area contributed by atoms with Gasteiger partial charge >= 0.3 is 5.97 Å². The number of carboxylic acid groups (broad SMARTS) is 1. The predicted molar refractivity (Wildman–Crippen MR) is 69.2 cm³/mol. The van der Waals surface area contributed by atoms with Gasteiger partial charge in [0.05, 0.1) is 5.41 Å². The summed E-state index contributed by atoms with van der Waals surface area (Å²) in [6.45, 7) is 14.9. The highest BCUT2D eigenvalue weighted by Gasteiger charge is 2.37. The van der Waals surface area contributed by atoms with Gasteiger partial charge in [0, 0.05) is 6.61 Å². The maximum atomic E-state index is 10.9. The number of carboxylic acids is 1. The second-order valence-electron chi connectivity index (χ2n) is 6.55. The van der Waals surface area contributed by atoms with Crippen LogP contribution in [-0.2, 0) is 9.22 Å². The van der Waals surface area contributed by atoms with E-state index in [1.807, 2.05) is 0 Å². The molecule has 4 heteroatoms. The molecule has 0 saturated heterocycles. The van der Waals surface area contributed by atoms with Gasteiger partial charge in [0.2, 0.25) is 0 Å². The van der Waals surface area contributed by atoms with Gasteiger partial charge in [-0.2, -0.15) is 0 Å². The molecule has 0 aromatic rings. The van der Waals surface area contributed by atoms with Crippen LogP contribution in [0.4, 0.5) is 0 Å². The van der Waals surface area contributed by atoms with E-state index in [-0.39, 0.29) is 5.04 Å². The molecule has 0 heterocycles. The van der Waals surface area contributed by atoms with Crippen LogP contribution in [-0.4, -0.2) is 26.0 Å². The Bertz CT molecular complexity index is 251. The summed E-state index contributed by atoms with van der Waals surface area (Å²) in [7, 11) is -1.73. The third-order valence-corrected chi connectivity index (χ3v) is 8.11. The van der Waals surface area contributed by atoms with Gasteiger partial charge in [-0.15, -0.1) is 0 Å². The van der Waals surface area contributed by atoms with Gasteiger partial charge in [-0.25, -0.2) is 0 Å². The van der Waals surface area contributed by atoms with Crippen molar-refractivity contribution < 1.29 is 14.3 Å². The Kier molecular flexibility index (Phi) is 4.77. The second kappa shape index (κ2) is 4.88. The molecule has 0 unspecified atom stereocenters. The zero-order valence-electron chi connectivity index (χ0n) is 11.7. The first-order chi connectivity index (χ1) is 6.90. The van der Waals surface area contributed by atoms with Crippen LogP contribution in [0.15, 0.2) is 0 Å². The zero-order chi connectivity index (χ0) is 13.2. The van der Waals surface area contributed by atoms with E-state index < -0.39 is 19.7 Å². The van der Waals surface area contributed by atoms with Crippen LogP contribution >= 0.6 is 0 Å². The molecule has 0 amide bonds. The Hall–Kier alpha value is -0.353. The van der Waals surface area contributed by atoms with Crippen LogP contribution in [0.3, 0.4) is 0 Å². The third kappa shape index (κ3) is 4.26. The maximum Gasteiger partial charge on any atom is 0.309 e. The Labute approximate surface area is 100 Å². The Balaban J connectivity index is 4.24. The van der Waals surface area contributed by atoms with E-state index in [4.69, 9.17) is 9.53 Å². The molecule has 0 aromatic carbocycles. The number of hydrogen-bond donors (Lipinski definition) is 1. The highest BCUT2D eigenvalue weighted by atomic mass is 28.4. The lowest BCUT2D eigenvalue weighted by atomic mass is 9.90. The number of carbonyl (C=O) groups is 1. The zero-order valence-corrected chi connectivity index (χ0v) is 12.7. The van der Waals surface area contributed by atoms with Crippen molar-refractivity contribution in [1.29, 1.82) is 0 Å². The normalized spacial score (nSPS) is 13.9. The van der Waals surface area contributed by atoms with Crippen molar-refractivity contribution in [2.24, 2.45) is 5.41 Å². The molecular formula is C12H26O3Si. The fraction of sp³-hybridized carbons (Fsp3) is 0.917. The molecule has 0 aliphatic heterocycles. The van der Waals surface area contributed by atoms with Crippen molar-refractivity contribution >= 4 is 14.3 Å². The highest BCUT2D eigenvalue weighted by Crippen LogP contribution is 2.37. The molecule has 0 fully saturated rings. The largest absolute Gasteiger partial charge is 0.481 e. The first kappa shape index (κ1) is 15.6. The van der Waals surface area contributed by atoms with E-state index in [0.717, 1.165) is 0 Å². The van der Waals surface area contributed by atoms with Crippen molar-refractivity contribution in [1.82, 2.24) is 0 Å². The van der Waals surface area contributed by atoms with E-state index in [1.54, 1.807) is 13.8 Å². The monoisotopic (exact) mass is 246 g/mol. The molecule has 0 aliphatic carbocycles. The van der Waals surface area contributed by atoms with Gasteiger partial charge in [0.15, 0.2) is 8.32 Å². The summed E-state index contributed by atoms with van der Waals surface area (Å²) in [4.78, 5) is 10.9. The van der Waals surface area contributed by atoms with Gasteiger partial charge in [-0.05, 0) is 38.4 Å². The molecule has 0 aliphatic rings. The van der Waals surface area contributed by atoms with Crippen LogP contribution in [0.25, 0.3) is 0 Å². The molecule has 0 aromatic heterocycles. The molecule has 0 radical (unpaired) electrons. The SMILES string of the molecule is CC(C)(CCO[Si](C)(C)C(C)(C)C)C(=O)O. The summed E-state index contributed by atoms with van der Waals surface area (Å²) >= 11 is 0. The summed E-state index contributed by atoms with van der Waals surface area (Å²) in [5.74, 6) is -0.758. The number of hydrogen-bond acceptors (Lipinski definition) is 2. The summed E-state index contributed by atoms with van der Waals surface area (Å²) in [5, 5.41) is 9.17. The third-order valence-electron chi connectivity index (χ3n) is 3.58. The van der Waals surface area contributed by atoms with Gasteiger partial charge in [-0.3, -0.25) is 4.79 Å². The molecule has 0 bridgehead atoms. The number of aliphatic carboxylic acids is 1. The smallest absolute Gasteiger partial charge is 0.309 e. The van der Waals surface area contributed by atoms with E-state index >= 15 is 0 Å². The Morgan fingerprint density at radius 3 is 1.94 bits per heavy atom. The van der Waals surface area contributed by atoms with Crippen molar-refractivity contribution in [3.63, 3.8) is 0 Å². The molecule has 3 nitrogen and oxygen atoms in total. The van der Waals surface area contributed by atoms with Crippen LogP contribution in [0.2, 0.25) is 18.1 Å². The average molecular weight is 246 g/mol. The second-order valence-corrected chi connectivity index (χ2v) is 11.4. The van der Waals surface area contributed by atoms with Crippen LogP contribution in [0.5, 0.6) is 0 Å². The summed E-state index contributed by atoms with van der Waals surface area (Å²) < 4.78 is 5.96. The summed E-state index contributed by atoms with van der Waals surface area (Å²) in [6, 6.07) is 0. The Morgan fingerprint density at radius 2 is 1.62 bits per heavy atom. The van der Waals surface area contributed by atoms with Crippen molar-refractivity contribution in [2.75, 3.05) is 6.61 Å². The van der Waals surface area contributed by atoms with Crippen molar-refractivity contribution in [2.45, 2.75) is 59.2 Å². The van der Waals surface area contributed by atoms with E-state index in [1.165, 1.54) is 0 Å². The predicted octanol–water partition coefficient (Wildman–Crippen LogP) is 3.51. The lowest BCUT2D eigenvalue weighted by Gasteiger charge is -2.36. The fourth-order valence-electron chi connectivity index (χ4n) is 0.885. The van der Waals surface area contributed by atoms with Crippen LogP contribution in [0, 0.1) is 5.41 Å². The Morgan fingerprint density at radius 1 is 1.19 bits per heavy atom. The minimum absolute atomic E-state index is 0.181. The fourth-order valence-corrected chi connectivity index (χ4v) is 1.93. The molecule has 16 heavy (non-hydrogen) atoms. The molecule has 1 N–H and O–H groups in total. The minimum atomic E-state index is -1.73. The average Bonchev–Trinajstić information content (AvgIpc) is 2.00. The van der Waals surface area contributed by atoms with E-state index in [9.17, 15) is 4.79 Å². The molecule has 0 spiro atoms. The van der Waals surface area contributed by atoms with Gasteiger partial charge in [0.25, 0.3) is 0 Å². The number of rotatable bonds is 5. The summed E-state index contributed by atoms with van der Waals surface area (Å²) in [6.07, 6.45) is 0.564. The molecular weight excluding hydrogens is 220 g/mol. The van der Waals surface area contributed by atoms with E-state index in [0.29, 0.717) is 13.0 Å². The van der Waals surface area contributed by atoms with Crippen LogP contribution < -0.4 is 0 Å². The molecule has 0 saturated carbocycles. The van der Waals surface area contributed by atoms with Crippen molar-refractivity contribution in [3.8, 4) is 0 Å². The first-order valence-electron chi connectivity index (χ1n) is 5.77. The van der Waals surface area contributed by atoms with Gasteiger partial charge < -0.3 is 9.53 Å². The first-order valence-corrected chi connectivity index (χ1v) is 8.68. The van der Waals surface area contributed by atoms with E-state index in [2.05, 4.69) is 33.9 Å². The molecule has 96 valence electrons. The lowest BCUT2D eigenvalue weighted by molar-refractivity contribution is -0.147.